The molecule has 0 spiro atoms. The molecule has 4 nitrogen and oxygen atoms in total. The van der Waals surface area contributed by atoms with Crippen molar-refractivity contribution in [2.24, 2.45) is 0 Å². The molecule has 0 saturated heterocycles. The summed E-state index contributed by atoms with van der Waals surface area (Å²) in [7, 11) is -4.99. The highest BCUT2D eigenvalue weighted by Gasteiger charge is 2.36. The van der Waals surface area contributed by atoms with Gasteiger partial charge in [-0.2, -0.15) is 26.7 Å². The molecule has 0 aliphatic rings. The van der Waals surface area contributed by atoms with Crippen LogP contribution in [0.4, 0.5) is 17.1 Å². The summed E-state index contributed by atoms with van der Waals surface area (Å²) in [5.41, 5.74) is -2.08. The van der Waals surface area contributed by atoms with Gasteiger partial charge in [-0.1, -0.05) is 0 Å². The summed E-state index contributed by atoms with van der Waals surface area (Å²) in [5.74, 6) is -1.33. The summed E-state index contributed by atoms with van der Waals surface area (Å²) >= 11 is 0. The van der Waals surface area contributed by atoms with Gasteiger partial charge in [-0.15, -0.1) is 3.89 Å². The fourth-order valence-electron chi connectivity index (χ4n) is 0.852. The minimum Gasteiger partial charge on any atom is -0.273 e. The number of halogens is 4. The van der Waals surface area contributed by atoms with Crippen LogP contribution in [0.25, 0.3) is 0 Å². The molecule has 0 radical (unpaired) electrons. The minimum absolute atomic E-state index is 0.625. The van der Waals surface area contributed by atoms with Crippen LogP contribution in [0.2, 0.25) is 0 Å². The van der Waals surface area contributed by atoms with E-state index in [4.69, 9.17) is 0 Å². The largest absolute Gasteiger partial charge is 0.433 e. The standard InChI is InChI=1S/C5H4F4N2O2S/c6-5(7,8)4-3(1-10-11-4)2-14(9,12)13/h1H,2H2,(H,10,11). The second-order valence-corrected chi connectivity index (χ2v) is 3.82. The minimum atomic E-state index is -4.99. The Hall–Kier alpha value is -1.12. The lowest BCUT2D eigenvalue weighted by Gasteiger charge is -2.04. The van der Waals surface area contributed by atoms with Crippen LogP contribution in [0.5, 0.6) is 0 Å². The van der Waals surface area contributed by atoms with Gasteiger partial charge in [-0.25, -0.2) is 0 Å². The van der Waals surface area contributed by atoms with Crippen LogP contribution in [0.15, 0.2) is 6.20 Å². The number of aromatic nitrogens is 2. The zero-order valence-corrected chi connectivity index (χ0v) is 7.28. The molecular formula is C5H4F4N2O2S. The van der Waals surface area contributed by atoms with Gasteiger partial charge in [0.2, 0.25) is 0 Å². The van der Waals surface area contributed by atoms with Gasteiger partial charge in [0, 0.05) is 5.56 Å². The average Bonchev–Trinajstić information content (AvgIpc) is 2.29. The number of hydrogen-bond acceptors (Lipinski definition) is 3. The SMILES string of the molecule is O=S(=O)(F)Cc1cn[nH]c1C(F)(F)F. The van der Waals surface area contributed by atoms with Crippen LogP contribution in [-0.2, 0) is 22.2 Å². The maximum absolute atomic E-state index is 12.1. The predicted molar refractivity (Wildman–Crippen MR) is 37.3 cm³/mol. The Labute approximate surface area is 76.1 Å². The second-order valence-electron chi connectivity index (χ2n) is 2.45. The molecule has 0 atom stereocenters. The molecule has 0 amide bonds. The van der Waals surface area contributed by atoms with E-state index in [1.165, 1.54) is 0 Å². The Kier molecular flexibility index (Phi) is 2.52. The highest BCUT2D eigenvalue weighted by molar-refractivity contribution is 7.85. The summed E-state index contributed by atoms with van der Waals surface area (Å²) < 4.78 is 68.5. The van der Waals surface area contributed by atoms with E-state index >= 15 is 0 Å². The summed E-state index contributed by atoms with van der Waals surface area (Å²) in [6.07, 6.45) is -4.14. The van der Waals surface area contributed by atoms with E-state index < -0.39 is 33.4 Å². The van der Waals surface area contributed by atoms with Crippen molar-refractivity contribution in [2.45, 2.75) is 11.9 Å². The third-order valence-electron chi connectivity index (χ3n) is 1.33. The van der Waals surface area contributed by atoms with E-state index in [2.05, 4.69) is 5.10 Å². The van der Waals surface area contributed by atoms with E-state index in [0.29, 0.717) is 6.20 Å². The molecule has 9 heteroatoms. The molecule has 1 N–H and O–H groups in total. The lowest BCUT2D eigenvalue weighted by molar-refractivity contribution is -0.141. The van der Waals surface area contributed by atoms with Gasteiger partial charge in [0.15, 0.2) is 0 Å². The molecular weight excluding hydrogens is 228 g/mol. The number of H-pyrrole nitrogens is 1. The van der Waals surface area contributed by atoms with E-state index in [1.807, 2.05) is 0 Å². The fourth-order valence-corrected chi connectivity index (χ4v) is 1.44. The zero-order valence-electron chi connectivity index (χ0n) is 6.47. The summed E-state index contributed by atoms with van der Waals surface area (Å²) in [6, 6.07) is 0. The average molecular weight is 232 g/mol. The molecule has 1 aromatic heterocycles. The van der Waals surface area contributed by atoms with Gasteiger partial charge < -0.3 is 0 Å². The molecule has 0 fully saturated rings. The predicted octanol–water partition coefficient (Wildman–Crippen LogP) is 1.23. The topological polar surface area (TPSA) is 62.8 Å². The van der Waals surface area contributed by atoms with Crippen molar-refractivity contribution in [3.8, 4) is 0 Å². The second kappa shape index (κ2) is 3.23. The van der Waals surface area contributed by atoms with Crippen LogP contribution in [0.1, 0.15) is 11.3 Å². The highest BCUT2D eigenvalue weighted by Crippen LogP contribution is 2.30. The van der Waals surface area contributed by atoms with Crippen LogP contribution in [-0.4, -0.2) is 18.6 Å². The quantitative estimate of drug-likeness (QED) is 0.616. The Morgan fingerprint density at radius 1 is 1.43 bits per heavy atom. The first-order chi connectivity index (χ1) is 6.20. The van der Waals surface area contributed by atoms with Crippen molar-refractivity contribution < 1.29 is 25.5 Å². The maximum Gasteiger partial charge on any atom is 0.433 e. The summed E-state index contributed by atoms with van der Waals surface area (Å²) in [5, 5.41) is 4.56. The number of nitrogens with one attached hydrogen (secondary N) is 1. The van der Waals surface area contributed by atoms with Crippen molar-refractivity contribution in [1.82, 2.24) is 10.2 Å². The molecule has 0 aliphatic heterocycles. The normalized spacial score (nSPS) is 13.1. The van der Waals surface area contributed by atoms with E-state index in [0.717, 1.165) is 0 Å². The lowest BCUT2D eigenvalue weighted by atomic mass is 10.3. The number of aromatic amines is 1. The Bertz CT molecular complexity index is 421. The summed E-state index contributed by atoms with van der Waals surface area (Å²) in [4.78, 5) is 0. The maximum atomic E-state index is 12.1. The van der Waals surface area contributed by atoms with Gasteiger partial charge in [0.05, 0.1) is 6.20 Å². The van der Waals surface area contributed by atoms with Gasteiger partial charge in [0.25, 0.3) is 0 Å². The number of hydrogen-bond donors (Lipinski definition) is 1. The van der Waals surface area contributed by atoms with E-state index in [1.54, 1.807) is 5.10 Å². The van der Waals surface area contributed by atoms with Crippen LogP contribution >= 0.6 is 0 Å². The molecule has 1 rings (SSSR count). The molecule has 0 unspecified atom stereocenters. The first-order valence-electron chi connectivity index (χ1n) is 3.22. The smallest absolute Gasteiger partial charge is 0.273 e. The van der Waals surface area contributed by atoms with E-state index in [-0.39, 0.29) is 0 Å². The molecule has 1 aromatic rings. The van der Waals surface area contributed by atoms with E-state index in [9.17, 15) is 25.5 Å². The van der Waals surface area contributed by atoms with Crippen molar-refractivity contribution in [1.29, 1.82) is 0 Å². The molecule has 80 valence electrons. The third-order valence-corrected chi connectivity index (χ3v) is 1.99. The molecule has 0 aromatic carbocycles. The molecule has 0 aliphatic carbocycles. The zero-order chi connectivity index (χ0) is 11.0. The first kappa shape index (κ1) is 11.0. The van der Waals surface area contributed by atoms with Crippen molar-refractivity contribution in [3.05, 3.63) is 17.5 Å². The van der Waals surface area contributed by atoms with Gasteiger partial charge in [-0.3, -0.25) is 5.10 Å². The Morgan fingerprint density at radius 2 is 2.00 bits per heavy atom. The Balaban J connectivity index is 3.06. The number of alkyl halides is 3. The van der Waals surface area contributed by atoms with Crippen molar-refractivity contribution in [3.63, 3.8) is 0 Å². The van der Waals surface area contributed by atoms with Crippen LogP contribution in [0.3, 0.4) is 0 Å². The van der Waals surface area contributed by atoms with Gasteiger partial charge >= 0.3 is 16.4 Å². The monoisotopic (exact) mass is 232 g/mol. The Morgan fingerprint density at radius 3 is 2.43 bits per heavy atom. The van der Waals surface area contributed by atoms with Crippen molar-refractivity contribution in [2.75, 3.05) is 0 Å². The number of rotatable bonds is 2. The number of nitrogens with zero attached hydrogens (tertiary/aromatic N) is 1. The lowest BCUT2D eigenvalue weighted by Crippen LogP contribution is -2.10. The third kappa shape index (κ3) is 2.69. The van der Waals surface area contributed by atoms with Crippen LogP contribution in [0, 0.1) is 0 Å². The first-order valence-corrected chi connectivity index (χ1v) is 4.77. The molecule has 14 heavy (non-hydrogen) atoms. The fraction of sp³-hybridized carbons (Fsp3) is 0.400. The molecule has 0 bridgehead atoms. The molecule has 0 saturated carbocycles. The van der Waals surface area contributed by atoms with Crippen LogP contribution < -0.4 is 0 Å². The van der Waals surface area contributed by atoms with Gasteiger partial charge in [-0.05, 0) is 0 Å². The molecule has 1 heterocycles. The van der Waals surface area contributed by atoms with Gasteiger partial charge in [0.1, 0.15) is 11.4 Å². The van der Waals surface area contributed by atoms with Crippen molar-refractivity contribution >= 4 is 10.2 Å². The summed E-state index contributed by atoms with van der Waals surface area (Å²) in [6.45, 7) is 0. The highest BCUT2D eigenvalue weighted by atomic mass is 32.3.